The molecule has 1 aromatic heterocycles. The van der Waals surface area contributed by atoms with Crippen LogP contribution in [-0.2, 0) is 9.47 Å². The summed E-state index contributed by atoms with van der Waals surface area (Å²) in [6.07, 6.45) is 3.38. The summed E-state index contributed by atoms with van der Waals surface area (Å²) >= 11 is 0. The molecule has 0 unspecified atom stereocenters. The number of amides is 2. The number of anilines is 1. The molecule has 4 heterocycles. The highest BCUT2D eigenvalue weighted by Gasteiger charge is 2.52. The average Bonchev–Trinajstić information content (AvgIpc) is 3.36. The average molecular weight is 498 g/mol. The summed E-state index contributed by atoms with van der Waals surface area (Å²) in [6.45, 7) is 12.0. The van der Waals surface area contributed by atoms with E-state index in [-0.39, 0.29) is 29.8 Å². The molecule has 3 saturated heterocycles. The summed E-state index contributed by atoms with van der Waals surface area (Å²) in [5.41, 5.74) is 6.54. The molecule has 10 heteroatoms. The van der Waals surface area contributed by atoms with Crippen molar-refractivity contribution in [1.82, 2.24) is 14.9 Å². The second-order valence-corrected chi connectivity index (χ2v) is 11.5. The van der Waals surface area contributed by atoms with Crippen LogP contribution in [0, 0.1) is 5.92 Å². The minimum Gasteiger partial charge on any atom is -0.460 e. The van der Waals surface area contributed by atoms with Crippen LogP contribution in [0.1, 0.15) is 57.8 Å². The third-order valence-electron chi connectivity index (χ3n) is 7.25. The van der Waals surface area contributed by atoms with E-state index in [1.165, 1.54) is 0 Å². The fourth-order valence-electron chi connectivity index (χ4n) is 5.71. The second-order valence-electron chi connectivity index (χ2n) is 11.5. The van der Waals surface area contributed by atoms with Gasteiger partial charge in [0.25, 0.3) is 5.91 Å². The van der Waals surface area contributed by atoms with E-state index in [4.69, 9.17) is 19.9 Å². The summed E-state index contributed by atoms with van der Waals surface area (Å²) < 4.78 is 17.4. The van der Waals surface area contributed by atoms with Crippen molar-refractivity contribution in [2.75, 3.05) is 31.2 Å². The number of piperazine rings is 1. The molecular formula is C26H35N5O5. The predicted molar refractivity (Wildman–Crippen MR) is 134 cm³/mol. The number of fused-ring (bicyclic) bond motifs is 2. The molecule has 0 spiro atoms. The molecule has 1 aliphatic carbocycles. The van der Waals surface area contributed by atoms with E-state index >= 15 is 0 Å². The zero-order valence-corrected chi connectivity index (χ0v) is 21.6. The number of nitrogens with two attached hydrogens (primary N) is 1. The van der Waals surface area contributed by atoms with Crippen LogP contribution in [-0.4, -0.2) is 76.5 Å². The lowest BCUT2D eigenvalue weighted by Gasteiger charge is -2.45. The molecule has 0 radical (unpaired) electrons. The molecule has 1 saturated carbocycles. The second kappa shape index (κ2) is 8.76. The van der Waals surface area contributed by atoms with Gasteiger partial charge in [-0.2, -0.15) is 4.98 Å². The summed E-state index contributed by atoms with van der Waals surface area (Å²) in [6, 6.07) is 3.59. The van der Waals surface area contributed by atoms with Gasteiger partial charge in [-0.25, -0.2) is 9.78 Å². The van der Waals surface area contributed by atoms with Crippen molar-refractivity contribution in [3.63, 3.8) is 0 Å². The molecule has 2 amide bonds. The first kappa shape index (κ1) is 24.5. The topological polar surface area (TPSA) is 120 Å². The number of hydrogen-bond acceptors (Lipinski definition) is 8. The number of carbonyl (C=O) groups is 2. The SMILES string of the molecule is C[C@H]1CN(c2ccc(C(N)=O)c3nc(OCC45CC(CO4)C5)ncc23)C[C@H](C)N1C(=O)OC(C)(C)C. The monoisotopic (exact) mass is 497 g/mol. The molecule has 2 atom stereocenters. The first-order chi connectivity index (χ1) is 16.9. The summed E-state index contributed by atoms with van der Waals surface area (Å²) in [7, 11) is 0. The maximum Gasteiger partial charge on any atom is 0.410 e. The standard InChI is InChI=1S/C26H35N5O5/c1-15-11-30(12-16(2)31(15)24(33)36-25(3,4)5)20-7-6-18(22(27)32)21-19(20)10-28-23(29-21)34-14-26-8-17(9-26)13-35-26/h6-7,10,15-17H,8-9,11-14H2,1-5H3,(H2,27,32)/t15-,16-,17?,26?/m0/s1. The maximum atomic E-state index is 12.8. The van der Waals surface area contributed by atoms with E-state index in [2.05, 4.69) is 14.9 Å². The number of benzene rings is 1. The van der Waals surface area contributed by atoms with E-state index in [0.29, 0.717) is 42.1 Å². The molecule has 2 N–H and O–H groups in total. The third-order valence-corrected chi connectivity index (χ3v) is 7.25. The maximum absolute atomic E-state index is 12.8. The Bertz CT molecular complexity index is 1170. The van der Waals surface area contributed by atoms with E-state index < -0.39 is 11.5 Å². The van der Waals surface area contributed by atoms with Gasteiger partial charge in [-0.3, -0.25) is 9.69 Å². The first-order valence-corrected chi connectivity index (χ1v) is 12.6. The number of ether oxygens (including phenoxy) is 3. The van der Waals surface area contributed by atoms with Crippen LogP contribution < -0.4 is 15.4 Å². The smallest absolute Gasteiger partial charge is 0.410 e. The lowest BCUT2D eigenvalue weighted by Crippen LogP contribution is -2.59. The Hall–Kier alpha value is -3.14. The Morgan fingerprint density at radius 3 is 2.47 bits per heavy atom. The lowest BCUT2D eigenvalue weighted by atomic mass is 9.75. The lowest BCUT2D eigenvalue weighted by molar-refractivity contribution is -0.0379. The van der Waals surface area contributed by atoms with Gasteiger partial charge in [-0.05, 0) is 65.5 Å². The molecule has 6 rings (SSSR count). The van der Waals surface area contributed by atoms with Crippen LogP contribution in [0.5, 0.6) is 6.01 Å². The minimum atomic E-state index is -0.563. The molecule has 10 nitrogen and oxygen atoms in total. The Balaban J connectivity index is 1.40. The Kier molecular flexibility index (Phi) is 5.97. The number of primary amides is 1. The van der Waals surface area contributed by atoms with Gasteiger partial charge in [0.2, 0.25) is 0 Å². The number of nitrogens with zero attached hydrogens (tertiary/aromatic N) is 4. The van der Waals surface area contributed by atoms with Crippen molar-refractivity contribution in [3.8, 4) is 6.01 Å². The molecule has 2 aromatic rings. The van der Waals surface area contributed by atoms with Crippen LogP contribution >= 0.6 is 0 Å². The van der Waals surface area contributed by atoms with Crippen molar-refractivity contribution in [1.29, 1.82) is 0 Å². The number of hydrogen-bond donors (Lipinski definition) is 1. The van der Waals surface area contributed by atoms with Gasteiger partial charge in [0.1, 0.15) is 17.8 Å². The van der Waals surface area contributed by atoms with Crippen molar-refractivity contribution in [3.05, 3.63) is 23.9 Å². The van der Waals surface area contributed by atoms with E-state index in [0.717, 1.165) is 25.1 Å². The predicted octanol–water partition coefficient (Wildman–Crippen LogP) is 3.12. The Morgan fingerprint density at radius 1 is 1.19 bits per heavy atom. The zero-order chi connectivity index (χ0) is 25.8. The summed E-state index contributed by atoms with van der Waals surface area (Å²) in [4.78, 5) is 38.0. The molecule has 2 bridgehead atoms. The van der Waals surface area contributed by atoms with Crippen LogP contribution in [0.3, 0.4) is 0 Å². The molecule has 3 aliphatic heterocycles. The quantitative estimate of drug-likeness (QED) is 0.669. The highest BCUT2D eigenvalue weighted by atomic mass is 16.6. The number of rotatable bonds is 5. The van der Waals surface area contributed by atoms with E-state index in [9.17, 15) is 9.59 Å². The van der Waals surface area contributed by atoms with Crippen molar-refractivity contribution in [2.45, 2.75) is 70.7 Å². The van der Waals surface area contributed by atoms with Crippen LogP contribution in [0.25, 0.3) is 10.9 Å². The Morgan fingerprint density at radius 2 is 1.89 bits per heavy atom. The molecular weight excluding hydrogens is 462 g/mol. The zero-order valence-electron chi connectivity index (χ0n) is 21.6. The fourth-order valence-corrected chi connectivity index (χ4v) is 5.71. The molecule has 36 heavy (non-hydrogen) atoms. The van der Waals surface area contributed by atoms with Gasteiger partial charge in [0.05, 0.1) is 29.8 Å². The number of carbonyl (C=O) groups excluding carboxylic acids is 2. The van der Waals surface area contributed by atoms with Gasteiger partial charge in [0.15, 0.2) is 0 Å². The van der Waals surface area contributed by atoms with Crippen LogP contribution in [0.4, 0.5) is 10.5 Å². The van der Waals surface area contributed by atoms with Gasteiger partial charge in [-0.15, -0.1) is 0 Å². The van der Waals surface area contributed by atoms with Crippen molar-refractivity contribution < 1.29 is 23.8 Å². The highest BCUT2D eigenvalue weighted by molar-refractivity contribution is 6.08. The van der Waals surface area contributed by atoms with Crippen LogP contribution in [0.15, 0.2) is 18.3 Å². The Labute approximate surface area is 211 Å². The van der Waals surface area contributed by atoms with E-state index in [1.807, 2.05) is 40.7 Å². The normalized spacial score (nSPS) is 27.6. The first-order valence-electron chi connectivity index (χ1n) is 12.6. The summed E-state index contributed by atoms with van der Waals surface area (Å²) in [5, 5.41) is 0.711. The largest absolute Gasteiger partial charge is 0.460 e. The fraction of sp³-hybridized carbons (Fsp3) is 0.615. The van der Waals surface area contributed by atoms with Gasteiger partial charge in [0, 0.05) is 30.4 Å². The van der Waals surface area contributed by atoms with Crippen LogP contribution in [0.2, 0.25) is 0 Å². The van der Waals surface area contributed by atoms with Gasteiger partial charge >= 0.3 is 12.1 Å². The van der Waals surface area contributed by atoms with Crippen molar-refractivity contribution in [2.24, 2.45) is 11.7 Å². The van der Waals surface area contributed by atoms with E-state index in [1.54, 1.807) is 17.2 Å². The molecule has 1 aromatic carbocycles. The van der Waals surface area contributed by atoms with Crippen molar-refractivity contribution >= 4 is 28.6 Å². The third kappa shape index (κ3) is 4.54. The molecule has 4 fully saturated rings. The summed E-state index contributed by atoms with van der Waals surface area (Å²) in [5.74, 6) is 0.0722. The minimum absolute atomic E-state index is 0.0880. The number of aromatic nitrogens is 2. The highest BCUT2D eigenvalue weighted by Crippen LogP contribution is 2.48. The molecule has 4 aliphatic rings. The van der Waals surface area contributed by atoms with Gasteiger partial charge in [-0.1, -0.05) is 0 Å². The molecule has 194 valence electrons. The van der Waals surface area contributed by atoms with Gasteiger partial charge < -0.3 is 24.8 Å².